The van der Waals surface area contributed by atoms with Crippen LogP contribution in [0, 0.1) is 0 Å². The average molecular weight is 306 g/mol. The SMILES string of the molecule is CCCCCCCCCCC/C(=C\C(=O)O)[NH+](C)C.[Cl-]. The van der Waals surface area contributed by atoms with E-state index >= 15 is 0 Å². The predicted molar refractivity (Wildman–Crippen MR) is 80.4 cm³/mol. The molecular formula is C16H32ClNO2. The summed E-state index contributed by atoms with van der Waals surface area (Å²) in [5.74, 6) is -0.827. The Labute approximate surface area is 130 Å². The van der Waals surface area contributed by atoms with Gasteiger partial charge in [0.1, 0.15) is 5.70 Å². The summed E-state index contributed by atoms with van der Waals surface area (Å²) in [5.41, 5.74) is 0.996. The third-order valence-corrected chi connectivity index (χ3v) is 3.49. The van der Waals surface area contributed by atoms with Crippen LogP contribution in [-0.2, 0) is 4.79 Å². The molecule has 0 spiro atoms. The zero-order valence-electron chi connectivity index (χ0n) is 13.4. The van der Waals surface area contributed by atoms with Crippen molar-refractivity contribution in [1.82, 2.24) is 0 Å². The quantitative estimate of drug-likeness (QED) is 0.394. The molecule has 0 bridgehead atoms. The minimum atomic E-state index is -0.827. The summed E-state index contributed by atoms with van der Waals surface area (Å²) in [6.45, 7) is 2.25. The van der Waals surface area contributed by atoms with Crippen molar-refractivity contribution in [3.8, 4) is 0 Å². The van der Waals surface area contributed by atoms with Crippen LogP contribution in [-0.4, -0.2) is 25.2 Å². The minimum Gasteiger partial charge on any atom is -1.00 e. The first-order valence-electron chi connectivity index (χ1n) is 7.82. The van der Waals surface area contributed by atoms with Gasteiger partial charge in [-0.2, -0.15) is 0 Å². The molecule has 0 aliphatic heterocycles. The number of unbranched alkanes of at least 4 members (excludes halogenated alkanes) is 8. The lowest BCUT2D eigenvalue weighted by atomic mass is 10.1. The van der Waals surface area contributed by atoms with Crippen LogP contribution in [0.5, 0.6) is 0 Å². The van der Waals surface area contributed by atoms with Crippen LogP contribution in [0.15, 0.2) is 11.8 Å². The summed E-state index contributed by atoms with van der Waals surface area (Å²) >= 11 is 0. The molecule has 0 fully saturated rings. The molecule has 0 heterocycles. The van der Waals surface area contributed by atoms with Crippen molar-refractivity contribution in [1.29, 1.82) is 0 Å². The lowest BCUT2D eigenvalue weighted by Crippen LogP contribution is -3.03. The molecule has 0 amide bonds. The van der Waals surface area contributed by atoms with Gasteiger partial charge in [-0.3, -0.25) is 0 Å². The molecule has 0 aliphatic rings. The number of hydrogen-bond donors (Lipinski definition) is 2. The molecule has 2 N–H and O–H groups in total. The Morgan fingerprint density at radius 1 is 0.950 bits per heavy atom. The summed E-state index contributed by atoms with van der Waals surface area (Å²) < 4.78 is 0. The number of carboxylic acids is 1. The Hall–Kier alpha value is -0.540. The smallest absolute Gasteiger partial charge is 0.333 e. The molecule has 0 rings (SSSR count). The molecule has 0 unspecified atom stereocenters. The molecule has 0 saturated heterocycles. The van der Waals surface area contributed by atoms with Gasteiger partial charge < -0.3 is 22.4 Å². The van der Waals surface area contributed by atoms with E-state index in [1.54, 1.807) is 0 Å². The van der Waals surface area contributed by atoms with Gasteiger partial charge in [0, 0.05) is 6.42 Å². The molecular weight excluding hydrogens is 274 g/mol. The summed E-state index contributed by atoms with van der Waals surface area (Å²) in [7, 11) is 3.98. The number of allylic oxidation sites excluding steroid dienone is 1. The van der Waals surface area contributed by atoms with Gasteiger partial charge in [-0.05, 0) is 6.42 Å². The van der Waals surface area contributed by atoms with E-state index < -0.39 is 5.97 Å². The van der Waals surface area contributed by atoms with Crippen molar-refractivity contribution in [2.75, 3.05) is 14.1 Å². The van der Waals surface area contributed by atoms with Gasteiger partial charge >= 0.3 is 5.97 Å². The average Bonchev–Trinajstić information content (AvgIpc) is 2.34. The number of carbonyl (C=O) groups is 1. The van der Waals surface area contributed by atoms with E-state index in [4.69, 9.17) is 5.11 Å². The minimum absolute atomic E-state index is 0. The van der Waals surface area contributed by atoms with Gasteiger partial charge in [-0.15, -0.1) is 0 Å². The van der Waals surface area contributed by atoms with Gasteiger partial charge in [0.25, 0.3) is 0 Å². The standard InChI is InChI=1S/C16H31NO2.ClH/c1-4-5-6-7-8-9-10-11-12-13-15(17(2)3)14-16(18)19;/h14H,4-13H2,1-3H3,(H,18,19);1H/b15-14+;. The number of hydrogen-bond acceptors (Lipinski definition) is 1. The van der Waals surface area contributed by atoms with Crippen LogP contribution in [0.25, 0.3) is 0 Å². The van der Waals surface area contributed by atoms with Gasteiger partial charge in [-0.1, -0.05) is 58.3 Å². The second kappa shape index (κ2) is 14.9. The highest BCUT2D eigenvalue weighted by atomic mass is 35.5. The topological polar surface area (TPSA) is 41.7 Å². The number of halogens is 1. The number of aliphatic carboxylic acids is 1. The first kappa shape index (κ1) is 21.8. The largest absolute Gasteiger partial charge is 1.00 e. The molecule has 0 aromatic carbocycles. The first-order chi connectivity index (χ1) is 9.07. The van der Waals surface area contributed by atoms with Crippen LogP contribution >= 0.6 is 0 Å². The van der Waals surface area contributed by atoms with Gasteiger partial charge in [0.05, 0.1) is 20.2 Å². The van der Waals surface area contributed by atoms with Crippen molar-refractivity contribution >= 4 is 5.97 Å². The molecule has 0 atom stereocenters. The third-order valence-electron chi connectivity index (χ3n) is 3.49. The monoisotopic (exact) mass is 305 g/mol. The summed E-state index contributed by atoms with van der Waals surface area (Å²) in [6.07, 6.45) is 14.0. The van der Waals surface area contributed by atoms with Gasteiger partial charge in [0.15, 0.2) is 0 Å². The summed E-state index contributed by atoms with van der Waals surface area (Å²) in [5, 5.41) is 8.79. The van der Waals surface area contributed by atoms with Crippen LogP contribution in [0.2, 0.25) is 0 Å². The van der Waals surface area contributed by atoms with E-state index in [1.165, 1.54) is 57.4 Å². The lowest BCUT2D eigenvalue weighted by molar-refractivity contribution is -0.818. The van der Waals surface area contributed by atoms with Crippen molar-refractivity contribution in [2.45, 2.75) is 71.1 Å². The van der Waals surface area contributed by atoms with E-state index in [0.717, 1.165) is 23.4 Å². The van der Waals surface area contributed by atoms with Crippen molar-refractivity contribution in [3.05, 3.63) is 11.8 Å². The van der Waals surface area contributed by atoms with Gasteiger partial charge in [0.2, 0.25) is 0 Å². The number of rotatable bonds is 12. The fourth-order valence-electron chi connectivity index (χ4n) is 2.24. The predicted octanol–water partition coefficient (Wildman–Crippen LogP) is 0.0243. The van der Waals surface area contributed by atoms with E-state index in [-0.39, 0.29) is 12.4 Å². The van der Waals surface area contributed by atoms with E-state index in [9.17, 15) is 4.79 Å². The normalized spacial score (nSPS) is 11.5. The molecule has 20 heavy (non-hydrogen) atoms. The van der Waals surface area contributed by atoms with Crippen LogP contribution < -0.4 is 17.3 Å². The number of quaternary nitrogens is 1. The highest BCUT2D eigenvalue weighted by Crippen LogP contribution is 2.11. The third kappa shape index (κ3) is 13.9. The van der Waals surface area contributed by atoms with Crippen LogP contribution in [0.1, 0.15) is 71.1 Å². The maximum absolute atomic E-state index is 10.7. The first-order valence-corrected chi connectivity index (χ1v) is 7.82. The maximum Gasteiger partial charge on any atom is 0.333 e. The van der Waals surface area contributed by atoms with Crippen molar-refractivity contribution in [3.63, 3.8) is 0 Å². The second-order valence-corrected chi connectivity index (χ2v) is 5.59. The zero-order chi connectivity index (χ0) is 14.5. The van der Waals surface area contributed by atoms with Crippen LogP contribution in [0.4, 0.5) is 0 Å². The highest BCUT2D eigenvalue weighted by molar-refractivity contribution is 5.80. The highest BCUT2D eigenvalue weighted by Gasteiger charge is 2.07. The summed E-state index contributed by atoms with van der Waals surface area (Å²) in [4.78, 5) is 11.8. The number of carboxylic acid groups (broad SMARTS) is 1. The Balaban J connectivity index is 0. The van der Waals surface area contributed by atoms with E-state index in [2.05, 4.69) is 6.92 Å². The molecule has 0 aromatic rings. The maximum atomic E-state index is 10.7. The van der Waals surface area contributed by atoms with Crippen LogP contribution in [0.3, 0.4) is 0 Å². The fourth-order valence-corrected chi connectivity index (χ4v) is 2.24. The lowest BCUT2D eigenvalue weighted by Gasteiger charge is -2.10. The summed E-state index contributed by atoms with van der Waals surface area (Å²) in [6, 6.07) is 0. The van der Waals surface area contributed by atoms with Crippen molar-refractivity contribution < 1.29 is 27.2 Å². The Morgan fingerprint density at radius 3 is 1.80 bits per heavy atom. The fraction of sp³-hybridized carbons (Fsp3) is 0.812. The Kier molecular flexibility index (Phi) is 16.2. The molecule has 4 heteroatoms. The zero-order valence-corrected chi connectivity index (χ0v) is 14.1. The molecule has 0 radical (unpaired) electrons. The Morgan fingerprint density at radius 2 is 1.40 bits per heavy atom. The molecule has 120 valence electrons. The molecule has 0 aliphatic carbocycles. The van der Waals surface area contributed by atoms with Crippen molar-refractivity contribution in [2.24, 2.45) is 0 Å². The van der Waals surface area contributed by atoms with E-state index in [0.29, 0.717) is 0 Å². The molecule has 0 aromatic heterocycles. The van der Waals surface area contributed by atoms with E-state index in [1.807, 2.05) is 14.1 Å². The second-order valence-electron chi connectivity index (χ2n) is 5.59. The number of nitrogens with one attached hydrogen (secondary N) is 1. The Bertz CT molecular complexity index is 265. The molecule has 3 nitrogen and oxygen atoms in total. The molecule has 0 saturated carbocycles. The van der Waals surface area contributed by atoms with Gasteiger partial charge in [-0.25, -0.2) is 4.79 Å².